The molecule has 1 aliphatic carbocycles. The van der Waals surface area contributed by atoms with Gasteiger partial charge in [-0.2, -0.15) is 5.10 Å². The molecular weight excluding hydrogens is 276 g/mol. The smallest absolute Gasteiger partial charge is 0.271 e. The van der Waals surface area contributed by atoms with E-state index in [1.807, 2.05) is 6.92 Å². The first-order valence-electron chi connectivity index (χ1n) is 6.41. The topological polar surface area (TPSA) is 111 Å². The quantitative estimate of drug-likeness (QED) is 0.674. The third-order valence-electron chi connectivity index (χ3n) is 3.22. The molecule has 0 radical (unpaired) electrons. The molecule has 0 atom stereocenters. The molecule has 0 fully saturated rings. The highest BCUT2D eigenvalue weighted by atomic mass is 16.6. The van der Waals surface area contributed by atoms with E-state index in [2.05, 4.69) is 16.6 Å². The van der Waals surface area contributed by atoms with Gasteiger partial charge in [-0.25, -0.2) is 0 Å². The van der Waals surface area contributed by atoms with E-state index in [4.69, 9.17) is 0 Å². The van der Waals surface area contributed by atoms with Crippen molar-refractivity contribution in [2.45, 2.75) is 26.2 Å². The molecule has 0 amide bonds. The van der Waals surface area contributed by atoms with Gasteiger partial charge in [-0.1, -0.05) is 6.08 Å². The number of nitro benzene ring substituents is 2. The predicted molar refractivity (Wildman–Crippen MR) is 78.4 cm³/mol. The van der Waals surface area contributed by atoms with Gasteiger partial charge < -0.3 is 0 Å². The molecule has 8 heteroatoms. The third kappa shape index (κ3) is 3.41. The van der Waals surface area contributed by atoms with Crippen LogP contribution in [0.25, 0.3) is 0 Å². The lowest BCUT2D eigenvalue weighted by Crippen LogP contribution is -2.08. The Morgan fingerprint density at radius 3 is 2.62 bits per heavy atom. The van der Waals surface area contributed by atoms with Crippen LogP contribution in [0.3, 0.4) is 0 Å². The molecule has 1 aromatic carbocycles. The number of anilines is 1. The Balaban J connectivity index is 2.29. The van der Waals surface area contributed by atoms with E-state index < -0.39 is 9.85 Å². The minimum Gasteiger partial charge on any atom is -0.271 e. The fourth-order valence-corrected chi connectivity index (χ4v) is 2.05. The minimum absolute atomic E-state index is 0.136. The van der Waals surface area contributed by atoms with Crippen LogP contribution in [0.1, 0.15) is 26.2 Å². The Morgan fingerprint density at radius 1 is 1.24 bits per heavy atom. The van der Waals surface area contributed by atoms with Crippen LogP contribution in [0, 0.1) is 20.2 Å². The number of rotatable bonds is 4. The minimum atomic E-state index is -0.670. The van der Waals surface area contributed by atoms with E-state index in [0.717, 1.165) is 36.6 Å². The molecule has 0 bridgehead atoms. The van der Waals surface area contributed by atoms with E-state index >= 15 is 0 Å². The summed E-state index contributed by atoms with van der Waals surface area (Å²) in [5.41, 5.74) is 3.97. The molecule has 0 aliphatic heterocycles. The van der Waals surface area contributed by atoms with Crippen molar-refractivity contribution in [2.75, 3.05) is 5.43 Å². The molecule has 0 unspecified atom stereocenters. The zero-order valence-corrected chi connectivity index (χ0v) is 11.4. The van der Waals surface area contributed by atoms with Crippen LogP contribution in [-0.4, -0.2) is 15.6 Å². The Morgan fingerprint density at radius 2 is 2.00 bits per heavy atom. The zero-order valence-electron chi connectivity index (χ0n) is 11.4. The molecule has 0 saturated carbocycles. The van der Waals surface area contributed by atoms with Crippen LogP contribution in [0.5, 0.6) is 0 Å². The van der Waals surface area contributed by atoms with Gasteiger partial charge in [-0.3, -0.25) is 25.7 Å². The molecule has 0 heterocycles. The second-order valence-electron chi connectivity index (χ2n) is 4.67. The van der Waals surface area contributed by atoms with Gasteiger partial charge in [0.15, 0.2) is 0 Å². The maximum atomic E-state index is 11.0. The van der Waals surface area contributed by atoms with Gasteiger partial charge in [0.25, 0.3) is 5.69 Å². The number of non-ortho nitro benzene ring substituents is 1. The maximum absolute atomic E-state index is 11.0. The SMILES string of the molecule is CC1=CCCC/C1=N\Nc1ccc([N+](=O)[O-])cc1[N+](=O)[O-]. The van der Waals surface area contributed by atoms with E-state index in [9.17, 15) is 20.2 Å². The zero-order chi connectivity index (χ0) is 15.4. The van der Waals surface area contributed by atoms with E-state index in [0.29, 0.717) is 0 Å². The average Bonchev–Trinajstić information content (AvgIpc) is 2.46. The summed E-state index contributed by atoms with van der Waals surface area (Å²) < 4.78 is 0. The number of hydrogen-bond donors (Lipinski definition) is 1. The van der Waals surface area contributed by atoms with Crippen LogP contribution in [-0.2, 0) is 0 Å². The molecule has 2 rings (SSSR count). The van der Waals surface area contributed by atoms with E-state index in [1.165, 1.54) is 12.1 Å². The fraction of sp³-hybridized carbons (Fsp3) is 0.308. The first-order chi connectivity index (χ1) is 9.99. The lowest BCUT2D eigenvalue weighted by atomic mass is 9.99. The molecular formula is C13H14N4O4. The first-order valence-corrected chi connectivity index (χ1v) is 6.41. The molecule has 1 aliphatic rings. The number of hydrazone groups is 1. The summed E-state index contributed by atoms with van der Waals surface area (Å²) in [5, 5.41) is 25.8. The highest BCUT2D eigenvalue weighted by Gasteiger charge is 2.19. The van der Waals surface area contributed by atoms with Gasteiger partial charge in [0.2, 0.25) is 0 Å². The van der Waals surface area contributed by atoms with Crippen LogP contribution < -0.4 is 5.43 Å². The van der Waals surface area contributed by atoms with Crippen molar-refractivity contribution in [3.63, 3.8) is 0 Å². The third-order valence-corrected chi connectivity index (χ3v) is 3.22. The molecule has 1 N–H and O–H groups in total. The van der Waals surface area contributed by atoms with Crippen LogP contribution in [0.2, 0.25) is 0 Å². The summed E-state index contributed by atoms with van der Waals surface area (Å²) in [7, 11) is 0. The van der Waals surface area contributed by atoms with Crippen molar-refractivity contribution in [3.8, 4) is 0 Å². The van der Waals surface area contributed by atoms with Crippen molar-refractivity contribution in [3.05, 3.63) is 50.1 Å². The van der Waals surface area contributed by atoms with Crippen molar-refractivity contribution >= 4 is 22.8 Å². The van der Waals surface area contributed by atoms with Gasteiger partial charge in [0, 0.05) is 6.07 Å². The highest BCUT2D eigenvalue weighted by Crippen LogP contribution is 2.29. The van der Waals surface area contributed by atoms with Crippen molar-refractivity contribution in [1.29, 1.82) is 0 Å². The Kier molecular flexibility index (Phi) is 4.27. The number of nitrogens with zero attached hydrogens (tertiary/aromatic N) is 3. The number of nitro groups is 2. The van der Waals surface area contributed by atoms with Crippen LogP contribution >= 0.6 is 0 Å². The second kappa shape index (κ2) is 6.12. The summed E-state index contributed by atoms with van der Waals surface area (Å²) in [5.74, 6) is 0. The van der Waals surface area contributed by atoms with Crippen molar-refractivity contribution < 1.29 is 9.85 Å². The normalized spacial score (nSPS) is 16.4. The van der Waals surface area contributed by atoms with Gasteiger partial charge in [0.1, 0.15) is 5.69 Å². The van der Waals surface area contributed by atoms with E-state index in [-0.39, 0.29) is 17.1 Å². The monoisotopic (exact) mass is 290 g/mol. The van der Waals surface area contributed by atoms with Gasteiger partial charge in [-0.15, -0.1) is 0 Å². The van der Waals surface area contributed by atoms with Crippen molar-refractivity contribution in [1.82, 2.24) is 0 Å². The summed E-state index contributed by atoms with van der Waals surface area (Å²) in [6.07, 6.45) is 4.85. The standard InChI is InChI=1S/C13H14N4O4/c1-9-4-2-3-5-11(9)14-15-12-7-6-10(16(18)19)8-13(12)17(20)21/h4,6-8,15H,2-3,5H2,1H3/b14-11+. The molecule has 8 nitrogen and oxygen atoms in total. The highest BCUT2D eigenvalue weighted by molar-refractivity contribution is 6.00. The fourth-order valence-electron chi connectivity index (χ4n) is 2.05. The Hall–Kier alpha value is -2.77. The van der Waals surface area contributed by atoms with Gasteiger partial charge in [-0.05, 0) is 37.8 Å². The Labute approximate surface area is 120 Å². The second-order valence-corrected chi connectivity index (χ2v) is 4.67. The summed E-state index contributed by atoms with van der Waals surface area (Å²) in [6.45, 7) is 1.93. The predicted octanol–water partition coefficient (Wildman–Crippen LogP) is 3.40. The molecule has 21 heavy (non-hydrogen) atoms. The molecule has 0 saturated heterocycles. The summed E-state index contributed by atoms with van der Waals surface area (Å²) in [4.78, 5) is 20.3. The molecule has 110 valence electrons. The number of allylic oxidation sites excluding steroid dienone is 2. The maximum Gasteiger partial charge on any atom is 0.301 e. The number of nitrogens with one attached hydrogen (secondary N) is 1. The largest absolute Gasteiger partial charge is 0.301 e. The van der Waals surface area contributed by atoms with Gasteiger partial charge in [0.05, 0.1) is 21.6 Å². The summed E-state index contributed by atoms with van der Waals surface area (Å²) in [6, 6.07) is 3.42. The van der Waals surface area contributed by atoms with Crippen LogP contribution in [0.4, 0.5) is 17.1 Å². The summed E-state index contributed by atoms with van der Waals surface area (Å²) >= 11 is 0. The first kappa shape index (κ1) is 14.6. The lowest BCUT2D eigenvalue weighted by molar-refractivity contribution is -0.393. The Bertz CT molecular complexity index is 652. The van der Waals surface area contributed by atoms with Crippen molar-refractivity contribution in [2.24, 2.45) is 5.10 Å². The number of benzene rings is 1. The molecule has 1 aromatic rings. The van der Waals surface area contributed by atoms with Crippen LogP contribution in [0.15, 0.2) is 34.9 Å². The lowest BCUT2D eigenvalue weighted by Gasteiger charge is -2.12. The van der Waals surface area contributed by atoms with E-state index in [1.54, 1.807) is 0 Å². The molecule has 0 spiro atoms. The molecule has 0 aromatic heterocycles. The average molecular weight is 290 g/mol. The number of hydrogen-bond acceptors (Lipinski definition) is 6. The van der Waals surface area contributed by atoms with Gasteiger partial charge >= 0.3 is 5.69 Å².